The van der Waals surface area contributed by atoms with Gasteiger partial charge in [-0.25, -0.2) is 0 Å². The Bertz CT molecular complexity index is 10.8. The van der Waals surface area contributed by atoms with E-state index in [-0.39, 0.29) is 0 Å². The molecule has 0 aliphatic heterocycles. The van der Waals surface area contributed by atoms with Crippen molar-refractivity contribution < 1.29 is 0 Å². The van der Waals surface area contributed by atoms with E-state index < -0.39 is 13.6 Å². The van der Waals surface area contributed by atoms with Gasteiger partial charge in [-0.1, -0.05) is 0 Å². The van der Waals surface area contributed by atoms with Gasteiger partial charge in [0.15, 0.2) is 0 Å². The first kappa shape index (κ1) is 6.61. The quantitative estimate of drug-likeness (QED) is 0.358. The fourth-order valence-corrected chi connectivity index (χ4v) is 0. The zero-order valence-corrected chi connectivity index (χ0v) is 10.9. The van der Waals surface area contributed by atoms with Crippen molar-refractivity contribution in [2.45, 2.75) is 0 Å². The number of hydrogen-bond donors (Lipinski definition) is 0. The number of hydrogen-bond acceptors (Lipinski definition) is 0. The Morgan fingerprint density at radius 1 is 1.50 bits per heavy atom. The number of halogens is 3. The molecule has 0 atom stereocenters. The molecule has 0 fully saturated rings. The molecule has 0 N–H and O–H groups in total. The van der Waals surface area contributed by atoms with Crippen LogP contribution in [0.3, 0.4) is 0 Å². The Morgan fingerprint density at radius 3 is 1.50 bits per heavy atom. The predicted molar refractivity (Wildman–Crippen MR) is 37.6 cm³/mol. The monoisotopic (exact) mass is 493 g/mol. The van der Waals surface area contributed by atoms with Gasteiger partial charge in [-0.3, -0.25) is 0 Å². The van der Waals surface area contributed by atoms with E-state index in [2.05, 4.69) is 41.7 Å². The SMILES string of the molecule is [Br][Pb]([Br])[I]. The van der Waals surface area contributed by atoms with Gasteiger partial charge in [0.05, 0.1) is 0 Å². The van der Waals surface area contributed by atoms with E-state index in [1.165, 1.54) is 0 Å². The second-order valence-electron chi connectivity index (χ2n) is 0.214. The molecule has 1 radical (unpaired) electrons. The second-order valence-corrected chi connectivity index (χ2v) is 60.6. The second kappa shape index (κ2) is 3.79. The maximum atomic E-state index is 3.39. The van der Waals surface area contributed by atoms with Gasteiger partial charge in [0.25, 0.3) is 0 Å². The van der Waals surface area contributed by atoms with Crippen molar-refractivity contribution in [3.05, 3.63) is 0 Å². The van der Waals surface area contributed by atoms with Gasteiger partial charge in [-0.15, -0.1) is 0 Å². The van der Waals surface area contributed by atoms with Crippen LogP contribution in [-0.4, -0.2) is 13.6 Å². The molecule has 0 aromatic heterocycles. The normalized spacial score (nSPS) is 9.00. The van der Waals surface area contributed by atoms with Gasteiger partial charge in [0.1, 0.15) is 0 Å². The molecule has 0 heterocycles. The van der Waals surface area contributed by atoms with Crippen molar-refractivity contribution in [1.29, 1.82) is 0 Å². The van der Waals surface area contributed by atoms with Crippen molar-refractivity contribution in [3.63, 3.8) is 0 Å². The third kappa shape index (κ3) is 8.82. The first-order valence-corrected chi connectivity index (χ1v) is 28.4. The molecule has 0 aliphatic carbocycles. The van der Waals surface area contributed by atoms with E-state index in [1.807, 2.05) is 0 Å². The molecule has 0 rings (SSSR count). The molecule has 0 saturated heterocycles. The Labute approximate surface area is 53.9 Å². The third-order valence-electron chi connectivity index (χ3n) is 0. The fraction of sp³-hybridized carbons (Fsp3) is 0. The third-order valence-corrected chi connectivity index (χ3v) is 0. The summed E-state index contributed by atoms with van der Waals surface area (Å²) < 4.78 is 0. The van der Waals surface area contributed by atoms with Crippen molar-refractivity contribution in [1.82, 2.24) is 0 Å². The van der Waals surface area contributed by atoms with Crippen molar-refractivity contribution in [2.24, 2.45) is 0 Å². The first-order valence-electron chi connectivity index (χ1n) is 0.567. The average Bonchev–Trinajstić information content (AvgIpc) is 0.811. The van der Waals surface area contributed by atoms with E-state index in [0.717, 1.165) is 0 Å². The molecule has 4 heavy (non-hydrogen) atoms. The van der Waals surface area contributed by atoms with Crippen molar-refractivity contribution >= 4 is 55.3 Å². The van der Waals surface area contributed by atoms with Gasteiger partial charge in [0, 0.05) is 0 Å². The Kier molecular flexibility index (Phi) is 6.27. The molecule has 0 bridgehead atoms. The van der Waals surface area contributed by atoms with E-state index in [0.29, 0.717) is 0 Å². The summed E-state index contributed by atoms with van der Waals surface area (Å²) in [7, 11) is 0. The van der Waals surface area contributed by atoms with Gasteiger partial charge in [0.2, 0.25) is 0 Å². The summed E-state index contributed by atoms with van der Waals surface area (Å²) in [4.78, 5) is 0. The van der Waals surface area contributed by atoms with Crippen LogP contribution in [0.2, 0.25) is 0 Å². The van der Waals surface area contributed by atoms with Crippen LogP contribution >= 0.6 is 41.7 Å². The van der Waals surface area contributed by atoms with Crippen molar-refractivity contribution in [2.75, 3.05) is 0 Å². The zero-order valence-electron chi connectivity index (χ0n) is 1.63. The van der Waals surface area contributed by atoms with Gasteiger partial charge in [-0.05, 0) is 0 Å². The molecular formula is Br2IPb. The molecule has 0 amide bonds. The number of rotatable bonds is 0. The van der Waals surface area contributed by atoms with Crippen LogP contribution < -0.4 is 0 Å². The van der Waals surface area contributed by atoms with Crippen LogP contribution in [0.5, 0.6) is 0 Å². The molecule has 0 aromatic rings. The standard InChI is InChI=1S/2BrH.HI.Pb/h3*1H;/q;;;+3/p-3. The van der Waals surface area contributed by atoms with Gasteiger partial charge in [-0.2, -0.15) is 0 Å². The van der Waals surface area contributed by atoms with E-state index in [9.17, 15) is 0 Å². The van der Waals surface area contributed by atoms with Crippen LogP contribution in [0.25, 0.3) is 0 Å². The van der Waals surface area contributed by atoms with Gasteiger partial charge >= 0.3 is 55.3 Å². The van der Waals surface area contributed by atoms with Gasteiger partial charge < -0.3 is 0 Å². The summed E-state index contributed by atoms with van der Waals surface area (Å²) in [5, 5.41) is 0. The van der Waals surface area contributed by atoms with Crippen molar-refractivity contribution in [3.8, 4) is 0 Å². The Balaban J connectivity index is 2.32. The molecule has 0 saturated carbocycles. The summed E-state index contributed by atoms with van der Waals surface area (Å²) in [6.45, 7) is 0. The molecule has 0 aliphatic rings. The molecule has 0 unspecified atom stereocenters. The molecular weight excluding hydrogens is 494 g/mol. The summed E-state index contributed by atoms with van der Waals surface area (Å²) >= 11 is 8.10. The minimum absolute atomic E-state index is 1.06. The Hall–Kier alpha value is 2.61. The van der Waals surface area contributed by atoms with E-state index in [4.69, 9.17) is 0 Å². The predicted octanol–water partition coefficient (Wildman–Crippen LogP) is 2.20. The average molecular weight is 494 g/mol. The fourth-order valence-electron chi connectivity index (χ4n) is 0. The first-order chi connectivity index (χ1) is 1.73. The summed E-state index contributed by atoms with van der Waals surface area (Å²) in [6, 6.07) is 0. The minimum atomic E-state index is -1.06. The molecule has 25 valence electrons. The summed E-state index contributed by atoms with van der Waals surface area (Å²) in [5.41, 5.74) is 0. The molecule has 0 aromatic carbocycles. The van der Waals surface area contributed by atoms with Crippen LogP contribution in [-0.2, 0) is 0 Å². The molecule has 4 heteroatoms. The summed E-state index contributed by atoms with van der Waals surface area (Å²) in [6.07, 6.45) is 0. The molecule has 0 nitrogen and oxygen atoms in total. The summed E-state index contributed by atoms with van der Waals surface area (Å²) in [5.74, 6) is 0. The topological polar surface area (TPSA) is 0 Å². The van der Waals surface area contributed by atoms with Crippen LogP contribution in [0.4, 0.5) is 0 Å². The van der Waals surface area contributed by atoms with E-state index in [1.54, 1.807) is 0 Å². The Morgan fingerprint density at radius 2 is 1.50 bits per heavy atom. The van der Waals surface area contributed by atoms with Crippen LogP contribution in [0, 0.1) is 0 Å². The maximum absolute atomic E-state index is 3.39. The van der Waals surface area contributed by atoms with Crippen LogP contribution in [0.1, 0.15) is 0 Å². The molecule has 0 spiro atoms. The van der Waals surface area contributed by atoms with Crippen LogP contribution in [0.15, 0.2) is 0 Å². The zero-order chi connectivity index (χ0) is 3.58. The van der Waals surface area contributed by atoms with E-state index >= 15 is 0 Å².